The average molecular weight is 662 g/mol. The summed E-state index contributed by atoms with van der Waals surface area (Å²) in [5.74, 6) is -2.04. The highest BCUT2D eigenvalue weighted by atomic mass is 35.5. The Balaban J connectivity index is 1.85. The molecule has 0 radical (unpaired) electrons. The number of rotatable bonds is 11. The first-order valence-electron chi connectivity index (χ1n) is 13.5. The first-order valence-corrected chi connectivity index (χ1v) is 15.4. The van der Waals surface area contributed by atoms with E-state index in [1.807, 2.05) is 0 Å². The Morgan fingerprint density at radius 1 is 0.867 bits per heavy atom. The number of sulfonamides is 1. The molecule has 4 aromatic carbocycles. The largest absolute Gasteiger partial charge is 0.416 e. The number of alkyl halides is 3. The maximum absolute atomic E-state index is 14.2. The maximum atomic E-state index is 14.2. The minimum Gasteiger partial charge on any atom is -0.357 e. The van der Waals surface area contributed by atoms with E-state index in [0.717, 1.165) is 11.0 Å². The van der Waals surface area contributed by atoms with Gasteiger partial charge in [-0.15, -0.1) is 0 Å². The van der Waals surface area contributed by atoms with Gasteiger partial charge in [-0.05, 0) is 53.6 Å². The fraction of sp³-hybridized carbons (Fsp3) is 0.188. The van der Waals surface area contributed by atoms with Crippen molar-refractivity contribution in [1.82, 2.24) is 10.2 Å². The smallest absolute Gasteiger partial charge is 0.357 e. The van der Waals surface area contributed by atoms with Crippen LogP contribution in [0.1, 0.15) is 16.7 Å². The molecule has 0 aromatic heterocycles. The number of anilines is 1. The van der Waals surface area contributed by atoms with Crippen LogP contribution in [-0.2, 0) is 38.8 Å². The maximum Gasteiger partial charge on any atom is 0.416 e. The van der Waals surface area contributed by atoms with Crippen molar-refractivity contribution in [2.75, 3.05) is 17.9 Å². The molecule has 0 unspecified atom stereocenters. The zero-order valence-corrected chi connectivity index (χ0v) is 25.4. The zero-order valence-electron chi connectivity index (χ0n) is 23.8. The second-order valence-corrected chi connectivity index (χ2v) is 12.2. The highest BCUT2D eigenvalue weighted by Crippen LogP contribution is 2.37. The van der Waals surface area contributed by atoms with Gasteiger partial charge in [0.2, 0.25) is 11.8 Å². The fourth-order valence-corrected chi connectivity index (χ4v) is 6.34. The van der Waals surface area contributed by atoms with Crippen molar-refractivity contribution >= 4 is 39.1 Å². The van der Waals surface area contributed by atoms with Crippen LogP contribution in [-0.4, -0.2) is 44.8 Å². The van der Waals surface area contributed by atoms with Gasteiger partial charge in [-0.2, -0.15) is 13.2 Å². The predicted octanol–water partition coefficient (Wildman–Crippen LogP) is 6.08. The first kappa shape index (κ1) is 33.5. The van der Waals surface area contributed by atoms with Crippen LogP contribution < -0.4 is 9.62 Å². The van der Waals surface area contributed by atoms with E-state index in [0.29, 0.717) is 27.6 Å². The van der Waals surface area contributed by atoms with Gasteiger partial charge in [-0.3, -0.25) is 13.9 Å². The molecule has 7 nitrogen and oxygen atoms in total. The molecule has 13 heteroatoms. The summed E-state index contributed by atoms with van der Waals surface area (Å²) in [5.41, 5.74) is -0.665. The van der Waals surface area contributed by atoms with Gasteiger partial charge in [0, 0.05) is 20.0 Å². The Labute approximate surface area is 263 Å². The Kier molecular flexibility index (Phi) is 10.5. The molecule has 1 atom stereocenters. The van der Waals surface area contributed by atoms with Crippen molar-refractivity contribution in [1.29, 1.82) is 0 Å². The number of nitrogens with zero attached hydrogens (tertiary/aromatic N) is 2. The Morgan fingerprint density at radius 2 is 1.47 bits per heavy atom. The minimum absolute atomic E-state index is 0.0171. The number of benzene rings is 4. The van der Waals surface area contributed by atoms with Gasteiger partial charge in [-0.25, -0.2) is 12.8 Å². The average Bonchev–Trinajstić information content (AvgIpc) is 3.02. The molecular formula is C32H28ClF4N3O4S. The molecule has 2 amide bonds. The third-order valence-corrected chi connectivity index (χ3v) is 9.03. The molecule has 0 saturated carbocycles. The summed E-state index contributed by atoms with van der Waals surface area (Å²) in [7, 11) is -3.30. The number of nitrogens with one attached hydrogen (secondary N) is 1. The quantitative estimate of drug-likeness (QED) is 0.198. The number of carbonyl (C=O) groups excluding carboxylic acids is 2. The summed E-state index contributed by atoms with van der Waals surface area (Å²) >= 11 is 6.29. The summed E-state index contributed by atoms with van der Waals surface area (Å²) in [5, 5.41) is 2.16. The second kappa shape index (κ2) is 14.1. The van der Waals surface area contributed by atoms with Crippen LogP contribution in [0.4, 0.5) is 23.2 Å². The molecule has 1 N–H and O–H groups in total. The van der Waals surface area contributed by atoms with E-state index in [4.69, 9.17) is 11.6 Å². The number of carbonyl (C=O) groups is 2. The number of halogens is 5. The lowest BCUT2D eigenvalue weighted by Crippen LogP contribution is -2.53. The van der Waals surface area contributed by atoms with Crippen LogP contribution in [0.5, 0.6) is 0 Å². The van der Waals surface area contributed by atoms with Gasteiger partial charge in [-0.1, -0.05) is 72.3 Å². The summed E-state index contributed by atoms with van der Waals surface area (Å²) in [6, 6.07) is 21.7. The lowest BCUT2D eigenvalue weighted by atomic mass is 10.0. The highest BCUT2D eigenvalue weighted by molar-refractivity contribution is 7.92. The molecular weight excluding hydrogens is 634 g/mol. The Bertz CT molecular complexity index is 1740. The fourth-order valence-electron chi connectivity index (χ4n) is 4.62. The van der Waals surface area contributed by atoms with Crippen molar-refractivity contribution in [2.45, 2.75) is 30.1 Å². The number of hydrogen-bond donors (Lipinski definition) is 1. The van der Waals surface area contributed by atoms with E-state index >= 15 is 0 Å². The minimum atomic E-state index is -4.85. The van der Waals surface area contributed by atoms with Gasteiger partial charge in [0.25, 0.3) is 10.0 Å². The highest BCUT2D eigenvalue weighted by Gasteiger charge is 2.37. The molecule has 0 aliphatic heterocycles. The van der Waals surface area contributed by atoms with E-state index in [1.54, 1.807) is 36.4 Å². The standard InChI is InChI=1S/C32H28ClF4N3O4S/c1-38-31(42)29(18-22-8-4-2-5-9-22)39(20-23-12-15-25(34)16-13-23)30(41)21-40(45(43,44)26-10-6-3-7-11-26)28-19-24(32(35,36)37)14-17-27(28)33/h2-17,19,29H,18,20-21H2,1H3,(H,38,42)/t29-/m1/s1. The van der Waals surface area contributed by atoms with Crippen molar-refractivity contribution in [3.8, 4) is 0 Å². The summed E-state index contributed by atoms with van der Waals surface area (Å²) < 4.78 is 83.3. The van der Waals surface area contributed by atoms with Crippen LogP contribution in [0.15, 0.2) is 108 Å². The Morgan fingerprint density at radius 3 is 2.04 bits per heavy atom. The van der Waals surface area contributed by atoms with E-state index in [2.05, 4.69) is 5.32 Å². The molecule has 0 fully saturated rings. The number of hydrogen-bond acceptors (Lipinski definition) is 4. The topological polar surface area (TPSA) is 86.8 Å². The third-order valence-electron chi connectivity index (χ3n) is 6.94. The van der Waals surface area contributed by atoms with Gasteiger partial charge in [0.1, 0.15) is 18.4 Å². The first-order chi connectivity index (χ1) is 21.3. The van der Waals surface area contributed by atoms with Crippen molar-refractivity contribution in [3.05, 3.63) is 131 Å². The van der Waals surface area contributed by atoms with E-state index in [-0.39, 0.29) is 22.9 Å². The lowest BCUT2D eigenvalue weighted by Gasteiger charge is -2.34. The SMILES string of the molecule is CNC(=O)[C@@H](Cc1ccccc1)N(Cc1ccc(F)cc1)C(=O)CN(c1cc(C(F)(F)F)ccc1Cl)S(=O)(=O)c1ccccc1. The third kappa shape index (κ3) is 8.20. The lowest BCUT2D eigenvalue weighted by molar-refractivity contribution is -0.139. The molecule has 0 heterocycles. The van der Waals surface area contributed by atoms with E-state index < -0.39 is 57.7 Å². The van der Waals surface area contributed by atoms with Gasteiger partial charge in [0.15, 0.2) is 0 Å². The molecule has 0 aliphatic rings. The molecule has 4 rings (SSSR count). The number of likely N-dealkylation sites (N-methyl/N-ethyl adjacent to an activating group) is 1. The van der Waals surface area contributed by atoms with Crippen molar-refractivity contribution < 1.29 is 35.6 Å². The summed E-state index contributed by atoms with van der Waals surface area (Å²) in [4.78, 5) is 28.3. The molecule has 0 saturated heterocycles. The molecule has 45 heavy (non-hydrogen) atoms. The van der Waals surface area contributed by atoms with E-state index in [9.17, 15) is 35.6 Å². The van der Waals surface area contributed by atoms with Gasteiger partial charge in [0.05, 0.1) is 21.2 Å². The van der Waals surface area contributed by atoms with Crippen LogP contribution >= 0.6 is 11.6 Å². The molecule has 0 spiro atoms. The molecule has 236 valence electrons. The van der Waals surface area contributed by atoms with Crippen LogP contribution in [0.2, 0.25) is 5.02 Å². The molecule has 4 aromatic rings. The van der Waals surface area contributed by atoms with Gasteiger partial charge < -0.3 is 10.2 Å². The summed E-state index contributed by atoms with van der Waals surface area (Å²) in [6.07, 6.45) is -4.83. The number of amides is 2. The summed E-state index contributed by atoms with van der Waals surface area (Å²) in [6.45, 7) is -1.26. The van der Waals surface area contributed by atoms with Crippen molar-refractivity contribution in [2.24, 2.45) is 0 Å². The monoisotopic (exact) mass is 661 g/mol. The van der Waals surface area contributed by atoms with E-state index in [1.165, 1.54) is 55.6 Å². The molecule has 0 bridgehead atoms. The Hall–Kier alpha value is -4.42. The van der Waals surface area contributed by atoms with Crippen LogP contribution in [0, 0.1) is 5.82 Å². The second-order valence-electron chi connectivity index (χ2n) is 9.96. The zero-order chi connectivity index (χ0) is 32.8. The molecule has 0 aliphatic carbocycles. The van der Waals surface area contributed by atoms with Crippen LogP contribution in [0.25, 0.3) is 0 Å². The van der Waals surface area contributed by atoms with Crippen molar-refractivity contribution in [3.63, 3.8) is 0 Å². The predicted molar refractivity (Wildman–Crippen MR) is 162 cm³/mol. The van der Waals surface area contributed by atoms with Gasteiger partial charge >= 0.3 is 6.18 Å². The normalized spacial score (nSPS) is 12.3. The van der Waals surface area contributed by atoms with Crippen LogP contribution in [0.3, 0.4) is 0 Å².